The van der Waals surface area contributed by atoms with E-state index in [2.05, 4.69) is 10.5 Å². The number of nitrogens with one attached hydrogen (secondary N) is 1. The van der Waals surface area contributed by atoms with E-state index >= 15 is 0 Å². The van der Waals surface area contributed by atoms with Crippen LogP contribution in [0.4, 0.5) is 5.69 Å². The fourth-order valence-electron chi connectivity index (χ4n) is 1.94. The van der Waals surface area contributed by atoms with Crippen LogP contribution in [0.1, 0.15) is 12.0 Å². The summed E-state index contributed by atoms with van der Waals surface area (Å²) in [6.07, 6.45) is 1.67. The Balaban J connectivity index is 1.83. The smallest absolute Gasteiger partial charge is 0.311 e. The third kappa shape index (κ3) is 5.92. The summed E-state index contributed by atoms with van der Waals surface area (Å²) in [5.41, 5.74) is 2.75. The van der Waals surface area contributed by atoms with Crippen molar-refractivity contribution in [1.82, 2.24) is 5.43 Å². The van der Waals surface area contributed by atoms with Crippen LogP contribution in [-0.2, 0) is 4.79 Å². The van der Waals surface area contributed by atoms with Gasteiger partial charge in [-0.3, -0.25) is 14.9 Å². The average molecular weight is 359 g/mol. The number of nitrogens with zero attached hydrogens (tertiary/aromatic N) is 2. The molecule has 25 heavy (non-hydrogen) atoms. The summed E-state index contributed by atoms with van der Waals surface area (Å²) in [6.45, 7) is 0. The van der Waals surface area contributed by atoms with E-state index in [1.54, 1.807) is 17.8 Å². The maximum Gasteiger partial charge on any atom is 0.311 e. The maximum atomic E-state index is 11.7. The SMILES string of the molecule is COc1ccc(/C=N/NC(=O)CCSc2ccccc2)cc1[N+](=O)[O-]. The van der Waals surface area contributed by atoms with E-state index in [-0.39, 0.29) is 17.3 Å². The molecule has 130 valence electrons. The standard InChI is InChI=1S/C17H17N3O4S/c1-24-16-8-7-13(11-15(16)20(22)23)12-18-19-17(21)9-10-25-14-5-3-2-4-6-14/h2-8,11-12H,9-10H2,1H3,(H,19,21)/b18-12+. The monoisotopic (exact) mass is 359 g/mol. The highest BCUT2D eigenvalue weighted by atomic mass is 32.2. The van der Waals surface area contributed by atoms with E-state index in [1.165, 1.54) is 25.5 Å². The fourth-order valence-corrected chi connectivity index (χ4v) is 2.82. The number of carbonyl (C=O) groups is 1. The molecule has 0 radical (unpaired) electrons. The summed E-state index contributed by atoms with van der Waals surface area (Å²) in [5, 5.41) is 14.8. The van der Waals surface area contributed by atoms with Crippen molar-refractivity contribution in [3.8, 4) is 5.75 Å². The number of ether oxygens (including phenoxy) is 1. The van der Waals surface area contributed by atoms with Crippen molar-refractivity contribution in [2.24, 2.45) is 5.10 Å². The second-order valence-corrected chi connectivity index (χ2v) is 6.06. The van der Waals surface area contributed by atoms with Gasteiger partial charge in [0.2, 0.25) is 5.91 Å². The van der Waals surface area contributed by atoms with E-state index in [9.17, 15) is 14.9 Å². The van der Waals surface area contributed by atoms with Gasteiger partial charge in [0.15, 0.2) is 5.75 Å². The average Bonchev–Trinajstić information content (AvgIpc) is 2.62. The molecule has 2 aromatic carbocycles. The lowest BCUT2D eigenvalue weighted by Crippen LogP contribution is -2.17. The molecule has 0 saturated carbocycles. The Morgan fingerprint density at radius 1 is 1.32 bits per heavy atom. The van der Waals surface area contributed by atoms with Gasteiger partial charge < -0.3 is 4.74 Å². The number of hydrogen-bond acceptors (Lipinski definition) is 6. The minimum Gasteiger partial charge on any atom is -0.490 e. The lowest BCUT2D eigenvalue weighted by molar-refractivity contribution is -0.385. The number of methoxy groups -OCH3 is 1. The van der Waals surface area contributed by atoms with Gasteiger partial charge >= 0.3 is 5.69 Å². The molecule has 0 fully saturated rings. The molecule has 1 N–H and O–H groups in total. The molecular weight excluding hydrogens is 342 g/mol. The Labute approximate surface area is 149 Å². The number of benzene rings is 2. The first-order valence-corrected chi connectivity index (χ1v) is 8.41. The van der Waals surface area contributed by atoms with Crippen LogP contribution in [0.25, 0.3) is 0 Å². The first-order chi connectivity index (χ1) is 12.1. The minimum absolute atomic E-state index is 0.156. The largest absolute Gasteiger partial charge is 0.490 e. The first kappa shape index (κ1) is 18.5. The number of nitro benzene ring substituents is 1. The second kappa shape index (κ2) is 9.43. The Morgan fingerprint density at radius 2 is 2.08 bits per heavy atom. The molecular formula is C17H17N3O4S. The summed E-state index contributed by atoms with van der Waals surface area (Å²) < 4.78 is 4.93. The molecule has 2 rings (SSSR count). The van der Waals surface area contributed by atoms with Crippen molar-refractivity contribution in [1.29, 1.82) is 0 Å². The van der Waals surface area contributed by atoms with Crippen LogP contribution in [-0.4, -0.2) is 29.9 Å². The van der Waals surface area contributed by atoms with Gasteiger partial charge in [-0.1, -0.05) is 18.2 Å². The molecule has 2 aromatic rings. The van der Waals surface area contributed by atoms with Gasteiger partial charge in [0.25, 0.3) is 0 Å². The van der Waals surface area contributed by atoms with Crippen molar-refractivity contribution in [2.45, 2.75) is 11.3 Å². The number of thioether (sulfide) groups is 1. The molecule has 0 atom stereocenters. The van der Waals surface area contributed by atoms with Gasteiger partial charge in [0, 0.05) is 28.7 Å². The third-order valence-electron chi connectivity index (χ3n) is 3.14. The van der Waals surface area contributed by atoms with Gasteiger partial charge in [-0.05, 0) is 24.3 Å². The third-order valence-corrected chi connectivity index (χ3v) is 4.16. The number of amides is 1. The van der Waals surface area contributed by atoms with Crippen LogP contribution in [0.5, 0.6) is 5.75 Å². The van der Waals surface area contributed by atoms with Gasteiger partial charge in [-0.15, -0.1) is 11.8 Å². The topological polar surface area (TPSA) is 93.8 Å². The zero-order valence-electron chi connectivity index (χ0n) is 13.5. The molecule has 0 heterocycles. The summed E-state index contributed by atoms with van der Waals surface area (Å²) in [4.78, 5) is 23.3. The highest BCUT2D eigenvalue weighted by molar-refractivity contribution is 7.99. The Morgan fingerprint density at radius 3 is 2.76 bits per heavy atom. The molecule has 0 saturated heterocycles. The molecule has 0 aliphatic heterocycles. The van der Waals surface area contributed by atoms with Gasteiger partial charge in [-0.2, -0.15) is 5.10 Å². The number of nitro groups is 1. The number of carbonyl (C=O) groups excluding carboxylic acids is 1. The van der Waals surface area contributed by atoms with Gasteiger partial charge in [-0.25, -0.2) is 5.43 Å². The van der Waals surface area contributed by atoms with Crippen molar-refractivity contribution in [3.05, 3.63) is 64.2 Å². The van der Waals surface area contributed by atoms with Crippen LogP contribution < -0.4 is 10.2 Å². The summed E-state index contributed by atoms with van der Waals surface area (Å²) in [7, 11) is 1.36. The molecule has 0 aliphatic carbocycles. The van der Waals surface area contributed by atoms with Crippen LogP contribution in [0, 0.1) is 10.1 Å². The molecule has 0 aromatic heterocycles. The Kier molecular flexibility index (Phi) is 6.97. The van der Waals surface area contributed by atoms with Crippen LogP contribution in [0.15, 0.2) is 58.5 Å². The molecule has 0 spiro atoms. The Hall–Kier alpha value is -2.87. The van der Waals surface area contributed by atoms with Crippen molar-refractivity contribution in [2.75, 3.05) is 12.9 Å². The summed E-state index contributed by atoms with van der Waals surface area (Å²) in [5.74, 6) is 0.589. The van der Waals surface area contributed by atoms with E-state index in [0.717, 1.165) is 4.90 Å². The van der Waals surface area contributed by atoms with Crippen LogP contribution >= 0.6 is 11.8 Å². The van der Waals surface area contributed by atoms with Gasteiger partial charge in [0.05, 0.1) is 18.2 Å². The first-order valence-electron chi connectivity index (χ1n) is 7.42. The highest BCUT2D eigenvalue weighted by Gasteiger charge is 2.14. The van der Waals surface area contributed by atoms with Crippen LogP contribution in [0.2, 0.25) is 0 Å². The normalized spacial score (nSPS) is 10.6. The van der Waals surface area contributed by atoms with Gasteiger partial charge in [0.1, 0.15) is 0 Å². The molecule has 1 amide bonds. The molecule has 0 bridgehead atoms. The number of hydrogen-bond donors (Lipinski definition) is 1. The maximum absolute atomic E-state index is 11.7. The Bertz CT molecular complexity index is 766. The predicted molar refractivity (Wildman–Crippen MR) is 97.2 cm³/mol. The van der Waals surface area contributed by atoms with E-state index in [4.69, 9.17) is 4.74 Å². The fraction of sp³-hybridized carbons (Fsp3) is 0.176. The van der Waals surface area contributed by atoms with Crippen LogP contribution in [0.3, 0.4) is 0 Å². The zero-order valence-corrected chi connectivity index (χ0v) is 14.4. The zero-order chi connectivity index (χ0) is 18.1. The quantitative estimate of drug-likeness (QED) is 0.338. The molecule has 7 nitrogen and oxygen atoms in total. The summed E-state index contributed by atoms with van der Waals surface area (Å²) in [6, 6.07) is 14.2. The minimum atomic E-state index is -0.532. The van der Waals surface area contributed by atoms with E-state index in [0.29, 0.717) is 17.7 Å². The van der Waals surface area contributed by atoms with E-state index in [1.807, 2.05) is 30.3 Å². The predicted octanol–water partition coefficient (Wildman–Crippen LogP) is 3.24. The van der Waals surface area contributed by atoms with E-state index < -0.39 is 4.92 Å². The summed E-state index contributed by atoms with van der Waals surface area (Å²) >= 11 is 1.59. The lowest BCUT2D eigenvalue weighted by Gasteiger charge is -2.02. The number of hydrazone groups is 1. The highest BCUT2D eigenvalue weighted by Crippen LogP contribution is 2.26. The molecule has 0 aliphatic rings. The van der Waals surface area contributed by atoms with Crippen molar-refractivity contribution < 1.29 is 14.5 Å². The molecule has 0 unspecified atom stereocenters. The van der Waals surface area contributed by atoms with Crippen molar-refractivity contribution in [3.63, 3.8) is 0 Å². The lowest BCUT2D eigenvalue weighted by atomic mass is 10.2. The second-order valence-electron chi connectivity index (χ2n) is 4.89. The van der Waals surface area contributed by atoms with Crippen molar-refractivity contribution >= 4 is 29.6 Å². The number of rotatable bonds is 8. The molecule has 8 heteroatoms.